The summed E-state index contributed by atoms with van der Waals surface area (Å²) in [6.07, 6.45) is 4.52. The maximum absolute atomic E-state index is 12.6. The minimum atomic E-state index is -0.169. The number of methoxy groups -OCH3 is 1. The first-order valence-electron chi connectivity index (χ1n) is 9.73. The van der Waals surface area contributed by atoms with Crippen molar-refractivity contribution in [1.29, 1.82) is 0 Å². The number of nitrogens with one attached hydrogen (secondary N) is 2. The molecule has 1 aliphatic heterocycles. The number of anilines is 2. The van der Waals surface area contributed by atoms with Crippen molar-refractivity contribution in [3.05, 3.63) is 54.1 Å². The van der Waals surface area contributed by atoms with Crippen molar-refractivity contribution in [1.82, 2.24) is 4.90 Å². The second kappa shape index (κ2) is 9.78. The molecule has 3 rings (SSSR count). The molecule has 2 aromatic rings. The Kier molecular flexibility index (Phi) is 6.89. The average Bonchev–Trinajstić information content (AvgIpc) is 3.02. The number of nitrogens with zero attached hydrogens (tertiary/aromatic N) is 1. The molecule has 6 nitrogen and oxygen atoms in total. The Balaban J connectivity index is 1.53. The first-order valence-corrected chi connectivity index (χ1v) is 9.73. The molecule has 1 saturated heterocycles. The fraction of sp³-hybridized carbons (Fsp3) is 0.364. The van der Waals surface area contributed by atoms with E-state index in [0.717, 1.165) is 31.6 Å². The lowest BCUT2D eigenvalue weighted by Gasteiger charge is -2.20. The van der Waals surface area contributed by atoms with Crippen LogP contribution in [0.3, 0.4) is 0 Å². The quantitative estimate of drug-likeness (QED) is 0.799. The highest BCUT2D eigenvalue weighted by atomic mass is 16.5. The number of ether oxygens (including phenoxy) is 1. The van der Waals surface area contributed by atoms with Crippen molar-refractivity contribution < 1.29 is 14.3 Å². The Hall–Kier alpha value is -3.02. The van der Waals surface area contributed by atoms with Crippen LogP contribution in [0.1, 0.15) is 36.0 Å². The molecule has 148 valence electrons. The van der Waals surface area contributed by atoms with Gasteiger partial charge in [0.05, 0.1) is 19.3 Å². The second-order valence-electron chi connectivity index (χ2n) is 6.89. The fourth-order valence-corrected chi connectivity index (χ4v) is 3.32. The molecule has 1 fully saturated rings. The number of likely N-dealkylation sites (tertiary alicyclic amines) is 1. The highest BCUT2D eigenvalue weighted by Gasteiger charge is 2.17. The van der Waals surface area contributed by atoms with Crippen molar-refractivity contribution in [3.63, 3.8) is 0 Å². The van der Waals surface area contributed by atoms with E-state index in [0.29, 0.717) is 17.0 Å². The van der Waals surface area contributed by atoms with Crippen LogP contribution in [-0.4, -0.2) is 43.5 Å². The molecule has 2 aromatic carbocycles. The summed E-state index contributed by atoms with van der Waals surface area (Å²) in [6, 6.07) is 14.5. The summed E-state index contributed by atoms with van der Waals surface area (Å²) in [5.74, 6) is 0.585. The summed E-state index contributed by atoms with van der Waals surface area (Å²) < 4.78 is 5.26. The number of rotatable bonds is 6. The van der Waals surface area contributed by atoms with Crippen LogP contribution in [0, 0.1) is 0 Å². The van der Waals surface area contributed by atoms with E-state index in [9.17, 15) is 9.59 Å². The number of para-hydroxylation sites is 2. The maximum atomic E-state index is 12.6. The van der Waals surface area contributed by atoms with Gasteiger partial charge in [-0.25, -0.2) is 0 Å². The molecule has 28 heavy (non-hydrogen) atoms. The average molecular weight is 381 g/mol. The number of carbonyl (C=O) groups is 2. The normalized spacial score (nSPS) is 14.1. The van der Waals surface area contributed by atoms with Gasteiger partial charge in [-0.05, 0) is 49.2 Å². The van der Waals surface area contributed by atoms with Gasteiger partial charge in [0.1, 0.15) is 5.75 Å². The molecule has 1 heterocycles. The smallest absolute Gasteiger partial charge is 0.253 e. The number of carbonyl (C=O) groups excluding carboxylic acids is 2. The minimum absolute atomic E-state index is 0.0672. The van der Waals surface area contributed by atoms with Gasteiger partial charge in [-0.3, -0.25) is 9.59 Å². The summed E-state index contributed by atoms with van der Waals surface area (Å²) in [6.45, 7) is 1.77. The fourth-order valence-electron chi connectivity index (χ4n) is 3.32. The van der Waals surface area contributed by atoms with Gasteiger partial charge in [0.25, 0.3) is 5.91 Å². The summed E-state index contributed by atoms with van der Waals surface area (Å²) in [4.78, 5) is 26.8. The van der Waals surface area contributed by atoms with Crippen molar-refractivity contribution in [2.75, 3.05) is 37.4 Å². The molecular weight excluding hydrogens is 354 g/mol. The zero-order valence-corrected chi connectivity index (χ0v) is 16.2. The second-order valence-corrected chi connectivity index (χ2v) is 6.89. The third kappa shape index (κ3) is 5.25. The Morgan fingerprint density at radius 2 is 1.64 bits per heavy atom. The minimum Gasteiger partial charge on any atom is -0.495 e. The van der Waals surface area contributed by atoms with E-state index < -0.39 is 0 Å². The van der Waals surface area contributed by atoms with Gasteiger partial charge in [0.15, 0.2) is 0 Å². The first kappa shape index (κ1) is 19.7. The molecule has 6 heteroatoms. The van der Waals surface area contributed by atoms with Crippen LogP contribution < -0.4 is 15.4 Å². The van der Waals surface area contributed by atoms with Crippen LogP contribution in [0.5, 0.6) is 5.75 Å². The van der Waals surface area contributed by atoms with Gasteiger partial charge < -0.3 is 20.3 Å². The van der Waals surface area contributed by atoms with E-state index in [2.05, 4.69) is 10.6 Å². The Morgan fingerprint density at radius 1 is 0.964 bits per heavy atom. The van der Waals surface area contributed by atoms with Crippen LogP contribution in [-0.2, 0) is 4.79 Å². The van der Waals surface area contributed by atoms with Crippen molar-refractivity contribution in [2.45, 2.75) is 25.7 Å². The van der Waals surface area contributed by atoms with Gasteiger partial charge in [-0.15, -0.1) is 0 Å². The van der Waals surface area contributed by atoms with Crippen molar-refractivity contribution >= 4 is 23.2 Å². The molecular formula is C22H27N3O3. The summed E-state index contributed by atoms with van der Waals surface area (Å²) in [5, 5.41) is 5.90. The maximum Gasteiger partial charge on any atom is 0.253 e. The van der Waals surface area contributed by atoms with Gasteiger partial charge in [0.2, 0.25) is 5.91 Å². The lowest BCUT2D eigenvalue weighted by molar-refractivity contribution is -0.114. The molecule has 0 radical (unpaired) electrons. The van der Waals surface area contributed by atoms with Crippen molar-refractivity contribution in [2.24, 2.45) is 0 Å². The molecule has 0 bridgehead atoms. The van der Waals surface area contributed by atoms with E-state index in [1.807, 2.05) is 29.2 Å². The number of hydrogen-bond donors (Lipinski definition) is 2. The van der Waals surface area contributed by atoms with Crippen LogP contribution in [0.4, 0.5) is 11.4 Å². The van der Waals surface area contributed by atoms with Crippen LogP contribution in [0.25, 0.3) is 0 Å². The predicted molar refractivity (Wildman–Crippen MR) is 111 cm³/mol. The lowest BCUT2D eigenvalue weighted by Crippen LogP contribution is -2.31. The molecule has 2 amide bonds. The third-order valence-electron chi connectivity index (χ3n) is 4.86. The molecule has 0 aliphatic carbocycles. The zero-order chi connectivity index (χ0) is 19.8. The summed E-state index contributed by atoms with van der Waals surface area (Å²) in [5.41, 5.74) is 2.09. The zero-order valence-electron chi connectivity index (χ0n) is 16.2. The topological polar surface area (TPSA) is 70.7 Å². The lowest BCUT2D eigenvalue weighted by atomic mass is 10.1. The van der Waals surface area contributed by atoms with E-state index in [1.54, 1.807) is 31.4 Å². The highest BCUT2D eigenvalue weighted by Crippen LogP contribution is 2.22. The summed E-state index contributed by atoms with van der Waals surface area (Å²) in [7, 11) is 1.59. The molecule has 0 spiro atoms. The number of hydrogen-bond acceptors (Lipinski definition) is 4. The highest BCUT2D eigenvalue weighted by molar-refractivity contribution is 5.96. The molecule has 0 aromatic heterocycles. The SMILES string of the molecule is COc1ccccc1NCC(=O)Nc1ccc(C(=O)N2CCCCCC2)cc1. The largest absolute Gasteiger partial charge is 0.495 e. The Morgan fingerprint density at radius 3 is 2.32 bits per heavy atom. The molecule has 2 N–H and O–H groups in total. The standard InChI is InChI=1S/C22H27N3O3/c1-28-20-9-5-4-8-19(20)23-16-21(26)24-18-12-10-17(11-13-18)22(27)25-14-6-2-3-7-15-25/h4-5,8-13,23H,2-3,6-7,14-16H2,1H3,(H,24,26). The Bertz CT molecular complexity index is 797. The molecule has 1 aliphatic rings. The third-order valence-corrected chi connectivity index (χ3v) is 4.86. The van der Waals surface area contributed by atoms with E-state index in [-0.39, 0.29) is 18.4 Å². The van der Waals surface area contributed by atoms with Gasteiger partial charge in [-0.1, -0.05) is 25.0 Å². The van der Waals surface area contributed by atoms with Gasteiger partial charge in [0, 0.05) is 24.3 Å². The Labute approximate surface area is 165 Å². The summed E-state index contributed by atoms with van der Waals surface area (Å²) >= 11 is 0. The molecule has 0 saturated carbocycles. The van der Waals surface area contributed by atoms with Crippen LogP contribution in [0.15, 0.2) is 48.5 Å². The van der Waals surface area contributed by atoms with E-state index in [4.69, 9.17) is 4.74 Å². The van der Waals surface area contributed by atoms with E-state index >= 15 is 0 Å². The predicted octanol–water partition coefficient (Wildman–Crippen LogP) is 3.76. The number of amides is 2. The number of benzene rings is 2. The van der Waals surface area contributed by atoms with Gasteiger partial charge in [-0.2, -0.15) is 0 Å². The van der Waals surface area contributed by atoms with Crippen LogP contribution >= 0.6 is 0 Å². The van der Waals surface area contributed by atoms with Gasteiger partial charge >= 0.3 is 0 Å². The molecule has 0 unspecified atom stereocenters. The molecule has 0 atom stereocenters. The monoisotopic (exact) mass is 381 g/mol. The van der Waals surface area contributed by atoms with Crippen molar-refractivity contribution in [3.8, 4) is 5.75 Å². The van der Waals surface area contributed by atoms with Crippen LogP contribution in [0.2, 0.25) is 0 Å². The van der Waals surface area contributed by atoms with E-state index in [1.165, 1.54) is 12.8 Å². The first-order chi connectivity index (χ1) is 13.7.